The molecule has 3 heterocycles. The van der Waals surface area contributed by atoms with Gasteiger partial charge in [0.1, 0.15) is 5.82 Å². The van der Waals surface area contributed by atoms with Crippen molar-refractivity contribution in [2.24, 2.45) is 5.10 Å². The molecule has 2 N–H and O–H groups in total. The van der Waals surface area contributed by atoms with Crippen LogP contribution in [0.4, 0.5) is 23.0 Å². The van der Waals surface area contributed by atoms with Gasteiger partial charge in [0.2, 0.25) is 0 Å². The topological polar surface area (TPSA) is 104 Å². The van der Waals surface area contributed by atoms with Gasteiger partial charge in [0.15, 0.2) is 21.3 Å². The normalized spacial score (nSPS) is 14.2. The lowest BCUT2D eigenvalue weighted by Crippen LogP contribution is -2.17. The molecule has 1 aliphatic rings. The van der Waals surface area contributed by atoms with E-state index >= 15 is 0 Å². The number of hydrogen-bond donors (Lipinski definition) is 2. The van der Waals surface area contributed by atoms with E-state index in [-0.39, 0.29) is 4.90 Å². The van der Waals surface area contributed by atoms with E-state index in [1.54, 1.807) is 67.2 Å². The van der Waals surface area contributed by atoms with E-state index in [9.17, 15) is 8.42 Å². The Morgan fingerprint density at radius 3 is 2.53 bits per heavy atom. The SMILES string of the molecule is CC(C)S(=O)(=O)c1ccccc1Nc1cc(N/N=C/c2ccc(N3CCCC3)cc2)nc2ccnn12. The summed E-state index contributed by atoms with van der Waals surface area (Å²) in [5.41, 5.74) is 6.26. The average molecular weight is 504 g/mol. The number of hydrazone groups is 1. The van der Waals surface area contributed by atoms with Crippen LogP contribution in [0.25, 0.3) is 5.65 Å². The number of fused-ring (bicyclic) bond motifs is 1. The molecule has 5 rings (SSSR count). The van der Waals surface area contributed by atoms with Gasteiger partial charge in [-0.2, -0.15) is 14.7 Å². The zero-order valence-corrected chi connectivity index (χ0v) is 21.1. The number of benzene rings is 2. The second-order valence-corrected chi connectivity index (χ2v) is 11.5. The van der Waals surface area contributed by atoms with E-state index in [0.717, 1.165) is 18.7 Å². The number of nitrogens with one attached hydrogen (secondary N) is 2. The molecule has 2 aromatic carbocycles. The molecule has 186 valence electrons. The summed E-state index contributed by atoms with van der Waals surface area (Å²) in [6, 6.07) is 18.7. The van der Waals surface area contributed by atoms with E-state index in [1.165, 1.54) is 18.5 Å². The molecule has 9 nitrogen and oxygen atoms in total. The Morgan fingerprint density at radius 1 is 1.03 bits per heavy atom. The molecule has 2 aromatic heterocycles. The van der Waals surface area contributed by atoms with Crippen molar-refractivity contribution in [3.8, 4) is 0 Å². The number of sulfone groups is 1. The van der Waals surface area contributed by atoms with Gasteiger partial charge in [-0.25, -0.2) is 13.4 Å². The lowest BCUT2D eigenvalue weighted by Gasteiger charge is -2.17. The molecule has 0 radical (unpaired) electrons. The minimum Gasteiger partial charge on any atom is -0.372 e. The number of rotatable bonds is 8. The number of nitrogens with zero attached hydrogens (tertiary/aromatic N) is 5. The third kappa shape index (κ3) is 4.90. The molecule has 0 spiro atoms. The third-order valence-corrected chi connectivity index (χ3v) is 8.40. The van der Waals surface area contributed by atoms with Gasteiger partial charge in [-0.15, -0.1) is 0 Å². The molecule has 1 aliphatic heterocycles. The van der Waals surface area contributed by atoms with Crippen LogP contribution < -0.4 is 15.6 Å². The zero-order chi connectivity index (χ0) is 25.1. The van der Waals surface area contributed by atoms with Crippen LogP contribution in [0.2, 0.25) is 0 Å². The lowest BCUT2D eigenvalue weighted by atomic mass is 10.2. The average Bonchev–Trinajstić information content (AvgIpc) is 3.57. The van der Waals surface area contributed by atoms with Crippen molar-refractivity contribution < 1.29 is 8.42 Å². The van der Waals surface area contributed by atoms with Gasteiger partial charge in [-0.3, -0.25) is 5.43 Å². The second-order valence-electron chi connectivity index (χ2n) is 9.00. The van der Waals surface area contributed by atoms with E-state index in [1.807, 2.05) is 12.1 Å². The molecule has 1 saturated heterocycles. The number of hydrogen-bond acceptors (Lipinski definition) is 8. The van der Waals surface area contributed by atoms with Gasteiger partial charge >= 0.3 is 0 Å². The highest BCUT2D eigenvalue weighted by atomic mass is 32.2. The first-order valence-electron chi connectivity index (χ1n) is 12.0. The number of para-hydroxylation sites is 1. The van der Waals surface area contributed by atoms with E-state index in [2.05, 4.69) is 43.0 Å². The zero-order valence-electron chi connectivity index (χ0n) is 20.3. The molecule has 36 heavy (non-hydrogen) atoms. The fraction of sp³-hybridized carbons (Fsp3) is 0.269. The molecule has 0 aliphatic carbocycles. The molecule has 10 heteroatoms. The van der Waals surface area contributed by atoms with Crippen LogP contribution in [0.3, 0.4) is 0 Å². The summed E-state index contributed by atoms with van der Waals surface area (Å²) < 4.78 is 27.4. The van der Waals surface area contributed by atoms with Crippen LogP contribution in [0.5, 0.6) is 0 Å². The first kappa shape index (κ1) is 23.8. The molecule has 1 fully saturated rings. The minimum absolute atomic E-state index is 0.238. The van der Waals surface area contributed by atoms with Crippen LogP contribution in [0.1, 0.15) is 32.3 Å². The van der Waals surface area contributed by atoms with E-state index in [0.29, 0.717) is 23.0 Å². The van der Waals surface area contributed by atoms with E-state index < -0.39 is 15.1 Å². The Bertz CT molecular complexity index is 1490. The molecule has 0 bridgehead atoms. The molecule has 0 amide bonds. The van der Waals surface area contributed by atoms with Crippen molar-refractivity contribution >= 4 is 44.7 Å². The Kier molecular flexibility index (Phi) is 6.60. The molecule has 0 unspecified atom stereocenters. The highest BCUT2D eigenvalue weighted by Gasteiger charge is 2.23. The fourth-order valence-corrected chi connectivity index (χ4v) is 5.39. The first-order chi connectivity index (χ1) is 17.4. The summed E-state index contributed by atoms with van der Waals surface area (Å²) in [6.07, 6.45) is 5.88. The maximum atomic E-state index is 12.9. The highest BCUT2D eigenvalue weighted by molar-refractivity contribution is 7.92. The van der Waals surface area contributed by atoms with Gasteiger partial charge in [-0.1, -0.05) is 24.3 Å². The molecule has 0 saturated carbocycles. The summed E-state index contributed by atoms with van der Waals surface area (Å²) >= 11 is 0. The molecular formula is C26H29N7O2S. The van der Waals surface area contributed by atoms with Gasteiger partial charge < -0.3 is 10.2 Å². The smallest absolute Gasteiger partial charge is 0.182 e. The highest BCUT2D eigenvalue weighted by Crippen LogP contribution is 2.28. The predicted octanol–water partition coefficient (Wildman–Crippen LogP) is 4.70. The first-order valence-corrected chi connectivity index (χ1v) is 13.6. The van der Waals surface area contributed by atoms with Crippen molar-refractivity contribution in [1.29, 1.82) is 0 Å². The van der Waals surface area contributed by atoms with Gasteiger partial charge in [-0.05, 0) is 56.5 Å². The maximum Gasteiger partial charge on any atom is 0.182 e. The second kappa shape index (κ2) is 9.98. The monoisotopic (exact) mass is 503 g/mol. The number of aromatic nitrogens is 3. The summed E-state index contributed by atoms with van der Waals surface area (Å²) in [7, 11) is -3.48. The van der Waals surface area contributed by atoms with E-state index in [4.69, 9.17) is 0 Å². The van der Waals surface area contributed by atoms with Crippen molar-refractivity contribution in [3.63, 3.8) is 0 Å². The minimum atomic E-state index is -3.48. The van der Waals surface area contributed by atoms with Gasteiger partial charge in [0, 0.05) is 30.9 Å². The third-order valence-electron chi connectivity index (χ3n) is 6.19. The Hall–Kier alpha value is -3.92. The van der Waals surface area contributed by atoms with Crippen molar-refractivity contribution in [2.45, 2.75) is 36.8 Å². The van der Waals surface area contributed by atoms with Crippen LogP contribution in [0.15, 0.2) is 76.9 Å². The van der Waals surface area contributed by atoms with Crippen molar-refractivity contribution in [3.05, 3.63) is 72.4 Å². The Morgan fingerprint density at radius 2 is 1.78 bits per heavy atom. The maximum absolute atomic E-state index is 12.9. The quantitative estimate of drug-likeness (QED) is 0.265. The largest absolute Gasteiger partial charge is 0.372 e. The summed E-state index contributed by atoms with van der Waals surface area (Å²) in [6.45, 7) is 5.57. The summed E-state index contributed by atoms with van der Waals surface area (Å²) in [5, 5.41) is 11.4. The van der Waals surface area contributed by atoms with Crippen molar-refractivity contribution in [2.75, 3.05) is 28.7 Å². The molecule has 0 atom stereocenters. The predicted molar refractivity (Wildman–Crippen MR) is 144 cm³/mol. The van der Waals surface area contributed by atoms with Crippen LogP contribution in [0, 0.1) is 0 Å². The lowest BCUT2D eigenvalue weighted by molar-refractivity contribution is 0.587. The van der Waals surface area contributed by atoms with Crippen LogP contribution >= 0.6 is 0 Å². The van der Waals surface area contributed by atoms with Crippen molar-refractivity contribution in [1.82, 2.24) is 14.6 Å². The van der Waals surface area contributed by atoms with Gasteiger partial charge in [0.25, 0.3) is 0 Å². The van der Waals surface area contributed by atoms with Crippen LogP contribution in [-0.2, 0) is 9.84 Å². The van der Waals surface area contributed by atoms with Crippen LogP contribution in [-0.4, -0.2) is 47.6 Å². The standard InChI is InChI=1S/C26H29N7O2S/c1-19(2)36(34,35)23-8-4-3-7-22(23)29-26-17-24(30-25-13-14-28-33(25)26)31-27-18-20-9-11-21(12-10-20)32-15-5-6-16-32/h3-4,7-14,17-19,29H,5-6,15-16H2,1-2H3,(H,30,31)/b27-18+. The van der Waals surface area contributed by atoms with Gasteiger partial charge in [0.05, 0.1) is 28.2 Å². The number of anilines is 4. The Balaban J connectivity index is 1.37. The molecule has 4 aromatic rings. The molecular weight excluding hydrogens is 474 g/mol. The summed E-state index contributed by atoms with van der Waals surface area (Å²) in [4.78, 5) is 7.18. The summed E-state index contributed by atoms with van der Waals surface area (Å²) in [5.74, 6) is 1.06. The Labute approximate surface area is 210 Å². The fourth-order valence-electron chi connectivity index (χ4n) is 4.19.